The lowest BCUT2D eigenvalue weighted by molar-refractivity contribution is 0.507. The summed E-state index contributed by atoms with van der Waals surface area (Å²) >= 11 is 7.32. The minimum atomic E-state index is -1.01. The molecule has 0 atom stereocenters. The molecule has 2 heterocycles. The lowest BCUT2D eigenvalue weighted by Gasteiger charge is -2.07. The Balaban J connectivity index is 2.10. The molecule has 3 rings (SSSR count). The number of fused-ring (bicyclic) bond motifs is 1. The molecular weight excluding hydrogens is 368 g/mol. The number of thiazole rings is 1. The second kappa shape index (κ2) is 6.57. The highest BCUT2D eigenvalue weighted by molar-refractivity contribution is 7.17. The summed E-state index contributed by atoms with van der Waals surface area (Å²) in [4.78, 5) is 18.4. The molecule has 0 aliphatic carbocycles. The third kappa shape index (κ3) is 3.17. The van der Waals surface area contributed by atoms with E-state index in [0.717, 1.165) is 17.0 Å². The second-order valence-corrected chi connectivity index (χ2v) is 7.06. The molecule has 0 aliphatic heterocycles. The van der Waals surface area contributed by atoms with Crippen LogP contribution in [0.4, 0.5) is 8.78 Å². The Hall–Kier alpha value is -2.25. The molecule has 0 unspecified atom stereocenters. The molecule has 130 valence electrons. The maximum atomic E-state index is 13.4. The Kier molecular flexibility index (Phi) is 4.62. The van der Waals surface area contributed by atoms with Crippen LogP contribution >= 0.6 is 22.9 Å². The number of nitrogens with one attached hydrogen (secondary N) is 1. The summed E-state index contributed by atoms with van der Waals surface area (Å²) in [6.45, 7) is 5.78. The summed E-state index contributed by atoms with van der Waals surface area (Å²) < 4.78 is 28.1. The van der Waals surface area contributed by atoms with Gasteiger partial charge in [0.2, 0.25) is 0 Å². The topological polar surface area (TPSA) is 46.4 Å². The fraction of sp³-hybridized carbons (Fsp3) is 0.176. The van der Waals surface area contributed by atoms with Crippen molar-refractivity contribution in [3.63, 3.8) is 0 Å². The van der Waals surface area contributed by atoms with E-state index in [4.69, 9.17) is 11.6 Å². The number of hydrogen-bond acceptors (Lipinski definition) is 4. The number of nitrogens with zero attached hydrogens (tertiary/aromatic N) is 2. The SMILES string of the molecule is C=C(NC)c1c(C)sc2nc(Cc3cc(F)c(F)cc3Cl)cc(=O)n12. The molecule has 0 saturated heterocycles. The summed E-state index contributed by atoms with van der Waals surface area (Å²) in [5.41, 5.74) is 1.82. The van der Waals surface area contributed by atoms with E-state index in [9.17, 15) is 13.6 Å². The van der Waals surface area contributed by atoms with Gasteiger partial charge in [0, 0.05) is 29.4 Å². The Morgan fingerprint density at radius 3 is 2.72 bits per heavy atom. The predicted molar refractivity (Wildman–Crippen MR) is 96.3 cm³/mol. The normalized spacial score (nSPS) is 11.1. The van der Waals surface area contributed by atoms with E-state index in [1.54, 1.807) is 7.05 Å². The van der Waals surface area contributed by atoms with Gasteiger partial charge in [-0.2, -0.15) is 0 Å². The van der Waals surface area contributed by atoms with Crippen molar-refractivity contribution < 1.29 is 8.78 Å². The van der Waals surface area contributed by atoms with Gasteiger partial charge in [0.25, 0.3) is 5.56 Å². The molecule has 1 N–H and O–H groups in total. The summed E-state index contributed by atoms with van der Waals surface area (Å²) in [7, 11) is 1.73. The summed E-state index contributed by atoms with van der Waals surface area (Å²) in [5, 5.41) is 3.02. The number of hydrogen-bond donors (Lipinski definition) is 1. The van der Waals surface area contributed by atoms with Crippen LogP contribution in [0.15, 0.2) is 29.6 Å². The highest BCUT2D eigenvalue weighted by atomic mass is 35.5. The van der Waals surface area contributed by atoms with Gasteiger partial charge in [0.15, 0.2) is 16.6 Å². The molecule has 0 aliphatic rings. The van der Waals surface area contributed by atoms with E-state index in [1.807, 2.05) is 6.92 Å². The first-order valence-electron chi connectivity index (χ1n) is 7.34. The number of halogens is 3. The highest BCUT2D eigenvalue weighted by Gasteiger charge is 2.16. The average Bonchev–Trinajstić information content (AvgIpc) is 2.88. The molecule has 0 spiro atoms. The van der Waals surface area contributed by atoms with Gasteiger partial charge in [-0.25, -0.2) is 18.2 Å². The number of aryl methyl sites for hydroxylation is 1. The van der Waals surface area contributed by atoms with Gasteiger partial charge >= 0.3 is 0 Å². The number of aromatic nitrogens is 2. The van der Waals surface area contributed by atoms with E-state index < -0.39 is 11.6 Å². The molecule has 0 radical (unpaired) electrons. The predicted octanol–water partition coefficient (Wildman–Crippen LogP) is 3.78. The van der Waals surface area contributed by atoms with Gasteiger partial charge in [-0.1, -0.05) is 18.2 Å². The minimum absolute atomic E-state index is 0.0903. The molecule has 25 heavy (non-hydrogen) atoms. The Labute approximate surface area is 151 Å². The maximum absolute atomic E-state index is 13.4. The molecule has 8 heteroatoms. The fourth-order valence-corrected chi connectivity index (χ4v) is 3.81. The van der Waals surface area contributed by atoms with Crippen LogP contribution in [-0.4, -0.2) is 16.4 Å². The number of rotatable bonds is 4. The first-order chi connectivity index (χ1) is 11.8. The quantitative estimate of drug-likeness (QED) is 0.700. The van der Waals surface area contributed by atoms with E-state index >= 15 is 0 Å². The molecule has 1 aromatic carbocycles. The Bertz CT molecular complexity index is 1060. The van der Waals surface area contributed by atoms with E-state index in [1.165, 1.54) is 21.8 Å². The second-order valence-electron chi connectivity index (χ2n) is 5.47. The standard InChI is InChI=1S/C17H14ClF2N3OS/c1-8(21-3)16-9(2)25-17-22-11(6-15(24)23(16)17)4-10-5-13(19)14(20)7-12(10)18/h5-7,21H,1,4H2,2-3H3. The molecule has 4 nitrogen and oxygen atoms in total. The zero-order valence-electron chi connectivity index (χ0n) is 13.5. The van der Waals surface area contributed by atoms with Crippen molar-refractivity contribution in [1.29, 1.82) is 0 Å². The van der Waals surface area contributed by atoms with Crippen LogP contribution in [0, 0.1) is 18.6 Å². The zero-order chi connectivity index (χ0) is 18.3. The van der Waals surface area contributed by atoms with Crippen LogP contribution in [0.5, 0.6) is 0 Å². The van der Waals surface area contributed by atoms with Crippen molar-refractivity contribution in [2.24, 2.45) is 0 Å². The highest BCUT2D eigenvalue weighted by Crippen LogP contribution is 2.25. The van der Waals surface area contributed by atoms with E-state index in [-0.39, 0.29) is 17.0 Å². The third-order valence-corrected chi connectivity index (χ3v) is 5.10. The Morgan fingerprint density at radius 2 is 2.04 bits per heavy atom. The largest absolute Gasteiger partial charge is 0.387 e. The molecule has 0 amide bonds. The van der Waals surface area contributed by atoms with Gasteiger partial charge in [-0.3, -0.25) is 4.79 Å². The maximum Gasteiger partial charge on any atom is 0.259 e. The zero-order valence-corrected chi connectivity index (χ0v) is 15.1. The average molecular weight is 382 g/mol. The molecule has 0 fully saturated rings. The van der Waals surface area contributed by atoms with Crippen LogP contribution in [0.2, 0.25) is 5.02 Å². The van der Waals surface area contributed by atoms with Crippen LogP contribution in [0.25, 0.3) is 10.7 Å². The van der Waals surface area contributed by atoms with E-state index in [2.05, 4.69) is 16.9 Å². The van der Waals surface area contributed by atoms with Crippen LogP contribution < -0.4 is 10.9 Å². The van der Waals surface area contributed by atoms with Crippen molar-refractivity contribution in [2.75, 3.05) is 7.05 Å². The van der Waals surface area contributed by atoms with Crippen molar-refractivity contribution in [3.05, 3.63) is 73.6 Å². The van der Waals surface area contributed by atoms with Gasteiger partial charge < -0.3 is 5.32 Å². The lowest BCUT2D eigenvalue weighted by atomic mass is 10.1. The molecule has 2 aromatic heterocycles. The fourth-order valence-electron chi connectivity index (χ4n) is 2.57. The van der Waals surface area contributed by atoms with Crippen molar-refractivity contribution >= 4 is 33.6 Å². The van der Waals surface area contributed by atoms with Crippen LogP contribution in [-0.2, 0) is 6.42 Å². The first kappa shape index (κ1) is 17.6. The third-order valence-electron chi connectivity index (χ3n) is 3.79. The van der Waals surface area contributed by atoms with Crippen LogP contribution in [0.1, 0.15) is 21.8 Å². The molecule has 0 bridgehead atoms. The van der Waals surface area contributed by atoms with Gasteiger partial charge in [0.05, 0.1) is 17.1 Å². The minimum Gasteiger partial charge on any atom is -0.387 e. The number of benzene rings is 1. The summed E-state index contributed by atoms with van der Waals surface area (Å²) in [5.74, 6) is -2.00. The first-order valence-corrected chi connectivity index (χ1v) is 8.53. The summed E-state index contributed by atoms with van der Waals surface area (Å²) in [6, 6.07) is 3.31. The molecule has 0 saturated carbocycles. The van der Waals surface area contributed by atoms with Gasteiger partial charge in [-0.15, -0.1) is 11.3 Å². The van der Waals surface area contributed by atoms with Crippen LogP contribution in [0.3, 0.4) is 0 Å². The monoisotopic (exact) mass is 381 g/mol. The van der Waals surface area contributed by atoms with Crippen molar-refractivity contribution in [1.82, 2.24) is 14.7 Å². The van der Waals surface area contributed by atoms with Crippen molar-refractivity contribution in [3.8, 4) is 0 Å². The van der Waals surface area contributed by atoms with Crippen molar-refractivity contribution in [2.45, 2.75) is 13.3 Å². The summed E-state index contributed by atoms with van der Waals surface area (Å²) in [6.07, 6.45) is 0.126. The Morgan fingerprint density at radius 1 is 1.36 bits per heavy atom. The van der Waals surface area contributed by atoms with Gasteiger partial charge in [0.1, 0.15) is 0 Å². The van der Waals surface area contributed by atoms with Gasteiger partial charge in [-0.05, 0) is 24.6 Å². The van der Waals surface area contributed by atoms with E-state index in [0.29, 0.717) is 27.6 Å². The molecule has 3 aromatic rings. The molecular formula is C17H14ClF2N3OS. The smallest absolute Gasteiger partial charge is 0.259 e. The lowest BCUT2D eigenvalue weighted by Crippen LogP contribution is -2.18.